The Morgan fingerprint density at radius 1 is 1.08 bits per heavy atom. The Balaban J connectivity index is 2.53. The number of carbonyl (C=O) groups excluding carboxylic acids is 2. The fourth-order valence-electron chi connectivity index (χ4n) is 2.96. The van der Waals surface area contributed by atoms with Crippen molar-refractivity contribution in [3.8, 4) is 0 Å². The molecule has 0 heterocycles. The van der Waals surface area contributed by atoms with Crippen LogP contribution in [0.4, 0.5) is 0 Å². The third-order valence-corrected chi connectivity index (χ3v) is 4.74. The molecule has 0 amide bonds. The first-order valence-corrected chi connectivity index (χ1v) is 9.63. The second-order valence-electron chi connectivity index (χ2n) is 6.71. The third kappa shape index (κ3) is 7.06. The average molecular weight is 338 g/mol. The van der Waals surface area contributed by atoms with Gasteiger partial charge in [-0.15, -0.1) is 0 Å². The van der Waals surface area contributed by atoms with E-state index in [2.05, 4.69) is 20.8 Å². The Morgan fingerprint density at radius 2 is 1.83 bits per heavy atom. The van der Waals surface area contributed by atoms with Crippen LogP contribution in [0.2, 0.25) is 0 Å². The van der Waals surface area contributed by atoms with E-state index in [1.807, 2.05) is 12.2 Å². The minimum Gasteiger partial charge on any atom is -0.465 e. The van der Waals surface area contributed by atoms with Crippen molar-refractivity contribution in [3.63, 3.8) is 0 Å². The molecule has 0 aromatic heterocycles. The fraction of sp³-hybridized carbons (Fsp3) is 0.800. The number of hydrogen-bond donors (Lipinski definition) is 0. The summed E-state index contributed by atoms with van der Waals surface area (Å²) in [5.41, 5.74) is 0. The Labute approximate surface area is 147 Å². The molecule has 0 spiro atoms. The fourth-order valence-corrected chi connectivity index (χ4v) is 2.96. The average Bonchev–Trinajstić information content (AvgIpc) is 2.61. The smallest absolute Gasteiger partial charge is 0.313 e. The van der Waals surface area contributed by atoms with Crippen molar-refractivity contribution >= 4 is 11.9 Å². The maximum absolute atomic E-state index is 12.5. The van der Waals surface area contributed by atoms with Gasteiger partial charge in [0, 0.05) is 0 Å². The summed E-state index contributed by atoms with van der Waals surface area (Å²) < 4.78 is 10.9. The van der Waals surface area contributed by atoms with Gasteiger partial charge in [-0.2, -0.15) is 0 Å². The second kappa shape index (κ2) is 12.1. The molecule has 0 aromatic carbocycles. The van der Waals surface area contributed by atoms with Gasteiger partial charge in [-0.25, -0.2) is 0 Å². The molecule has 1 aliphatic rings. The molecule has 3 unspecified atom stereocenters. The summed E-state index contributed by atoms with van der Waals surface area (Å²) in [4.78, 5) is 24.7. The van der Waals surface area contributed by atoms with Gasteiger partial charge in [-0.05, 0) is 31.6 Å². The first-order chi connectivity index (χ1) is 11.6. The quantitative estimate of drug-likeness (QED) is 0.312. The van der Waals surface area contributed by atoms with Crippen LogP contribution in [0, 0.1) is 17.8 Å². The zero-order valence-electron chi connectivity index (χ0n) is 15.6. The largest absolute Gasteiger partial charge is 0.465 e. The molecule has 1 aliphatic carbocycles. The third-order valence-electron chi connectivity index (χ3n) is 4.74. The molecule has 0 fully saturated rings. The molecule has 4 heteroatoms. The Bertz CT molecular complexity index is 402. The van der Waals surface area contributed by atoms with Crippen LogP contribution in [0.1, 0.15) is 72.1 Å². The summed E-state index contributed by atoms with van der Waals surface area (Å²) >= 11 is 0. The Hall–Kier alpha value is -1.32. The maximum Gasteiger partial charge on any atom is 0.313 e. The van der Waals surface area contributed by atoms with Crippen molar-refractivity contribution in [1.82, 2.24) is 0 Å². The normalized spacial score (nSPS) is 21.3. The van der Waals surface area contributed by atoms with Gasteiger partial charge in [0.15, 0.2) is 0 Å². The zero-order chi connectivity index (χ0) is 17.8. The van der Waals surface area contributed by atoms with Gasteiger partial charge >= 0.3 is 11.9 Å². The number of rotatable bonds is 11. The van der Waals surface area contributed by atoms with Crippen LogP contribution in [0.25, 0.3) is 0 Å². The van der Waals surface area contributed by atoms with Crippen LogP contribution < -0.4 is 0 Å². The lowest BCUT2D eigenvalue weighted by Gasteiger charge is -2.25. The lowest BCUT2D eigenvalue weighted by atomic mass is 9.84. The van der Waals surface area contributed by atoms with Crippen LogP contribution in [-0.4, -0.2) is 25.2 Å². The number of hydrogen-bond acceptors (Lipinski definition) is 4. The number of esters is 2. The maximum atomic E-state index is 12.5. The lowest BCUT2D eigenvalue weighted by molar-refractivity contribution is -0.160. The second-order valence-corrected chi connectivity index (χ2v) is 6.71. The highest BCUT2D eigenvalue weighted by Crippen LogP contribution is 2.28. The van der Waals surface area contributed by atoms with E-state index in [1.54, 1.807) is 0 Å². The molecule has 24 heavy (non-hydrogen) atoms. The number of carbonyl (C=O) groups is 2. The van der Waals surface area contributed by atoms with Crippen molar-refractivity contribution in [2.24, 2.45) is 17.8 Å². The summed E-state index contributed by atoms with van der Waals surface area (Å²) in [7, 11) is 0. The van der Waals surface area contributed by atoms with E-state index >= 15 is 0 Å². The van der Waals surface area contributed by atoms with Crippen molar-refractivity contribution in [3.05, 3.63) is 12.2 Å². The number of allylic oxidation sites excluding steroid dienone is 1. The van der Waals surface area contributed by atoms with Crippen LogP contribution in [-0.2, 0) is 19.1 Å². The van der Waals surface area contributed by atoms with Crippen molar-refractivity contribution in [2.45, 2.75) is 72.1 Å². The molecule has 3 atom stereocenters. The van der Waals surface area contributed by atoms with Crippen molar-refractivity contribution < 1.29 is 19.1 Å². The van der Waals surface area contributed by atoms with E-state index in [9.17, 15) is 9.59 Å². The molecule has 0 saturated heterocycles. The van der Waals surface area contributed by atoms with E-state index in [0.717, 1.165) is 44.9 Å². The highest BCUT2D eigenvalue weighted by atomic mass is 16.5. The van der Waals surface area contributed by atoms with Gasteiger partial charge < -0.3 is 9.47 Å². The summed E-state index contributed by atoms with van der Waals surface area (Å²) in [6.07, 6.45) is 11.5. The molecule has 0 radical (unpaired) electrons. The van der Waals surface area contributed by atoms with Crippen molar-refractivity contribution in [1.29, 1.82) is 0 Å². The highest BCUT2D eigenvalue weighted by Gasteiger charge is 2.35. The SMILES string of the molecule is CCCCOC(=O)C1C=CCCC1C(=O)OCC(CC)CCCC. The summed E-state index contributed by atoms with van der Waals surface area (Å²) in [5, 5.41) is 0. The molecule has 1 rings (SSSR count). The summed E-state index contributed by atoms with van der Waals surface area (Å²) in [6, 6.07) is 0. The number of ether oxygens (including phenoxy) is 2. The first kappa shape index (κ1) is 20.7. The predicted molar refractivity (Wildman–Crippen MR) is 95.5 cm³/mol. The molecule has 0 saturated carbocycles. The topological polar surface area (TPSA) is 52.6 Å². The van der Waals surface area contributed by atoms with Crippen molar-refractivity contribution in [2.75, 3.05) is 13.2 Å². The van der Waals surface area contributed by atoms with E-state index in [-0.39, 0.29) is 11.9 Å². The van der Waals surface area contributed by atoms with Gasteiger partial charge in [0.2, 0.25) is 0 Å². The standard InChI is InChI=1S/C20H34O4/c1-4-7-11-16(6-3)15-24-20(22)18-13-10-9-12-17(18)19(21)23-14-8-5-2/h9,12,16-18H,4-8,10-11,13-15H2,1-3H3. The molecular formula is C20H34O4. The number of unbranched alkanes of at least 4 members (excludes halogenated alkanes) is 2. The Morgan fingerprint density at radius 3 is 2.50 bits per heavy atom. The monoisotopic (exact) mass is 338 g/mol. The van der Waals surface area contributed by atoms with E-state index in [0.29, 0.717) is 25.6 Å². The van der Waals surface area contributed by atoms with E-state index in [4.69, 9.17) is 9.47 Å². The first-order valence-electron chi connectivity index (χ1n) is 9.63. The zero-order valence-corrected chi connectivity index (χ0v) is 15.6. The summed E-state index contributed by atoms with van der Waals surface area (Å²) in [6.45, 7) is 7.24. The molecule has 138 valence electrons. The molecule has 0 aromatic rings. The lowest BCUT2D eigenvalue weighted by Crippen LogP contribution is -2.33. The molecule has 0 aliphatic heterocycles. The minimum absolute atomic E-state index is 0.244. The van der Waals surface area contributed by atoms with Gasteiger partial charge in [-0.1, -0.05) is 58.6 Å². The van der Waals surface area contributed by atoms with Crippen LogP contribution in [0.15, 0.2) is 12.2 Å². The van der Waals surface area contributed by atoms with Crippen LogP contribution >= 0.6 is 0 Å². The highest BCUT2D eigenvalue weighted by molar-refractivity contribution is 5.83. The van der Waals surface area contributed by atoms with Crippen LogP contribution in [0.5, 0.6) is 0 Å². The molecular weight excluding hydrogens is 304 g/mol. The van der Waals surface area contributed by atoms with Gasteiger partial charge in [0.05, 0.1) is 25.0 Å². The Kier molecular flexibility index (Phi) is 10.4. The van der Waals surface area contributed by atoms with Gasteiger partial charge in [0.1, 0.15) is 0 Å². The van der Waals surface area contributed by atoms with Gasteiger partial charge in [-0.3, -0.25) is 9.59 Å². The molecule has 4 nitrogen and oxygen atoms in total. The molecule has 0 N–H and O–H groups in total. The molecule has 0 bridgehead atoms. The van der Waals surface area contributed by atoms with Gasteiger partial charge in [0.25, 0.3) is 0 Å². The van der Waals surface area contributed by atoms with E-state index in [1.165, 1.54) is 0 Å². The minimum atomic E-state index is -0.487. The van der Waals surface area contributed by atoms with E-state index < -0.39 is 11.8 Å². The van der Waals surface area contributed by atoms with Crippen LogP contribution in [0.3, 0.4) is 0 Å². The summed E-state index contributed by atoms with van der Waals surface area (Å²) in [5.74, 6) is -0.999. The predicted octanol–water partition coefficient (Wildman–Crippen LogP) is 4.67.